The second-order valence-corrected chi connectivity index (χ2v) is 15.0. The minimum atomic E-state index is -2.68. The van der Waals surface area contributed by atoms with Crippen LogP contribution in [0.4, 0.5) is 5.69 Å². The van der Waals surface area contributed by atoms with Crippen LogP contribution in [0.25, 0.3) is 0 Å². The van der Waals surface area contributed by atoms with Gasteiger partial charge in [0, 0.05) is 24.3 Å². The number of hydrogen-bond donors (Lipinski definition) is 1. The van der Waals surface area contributed by atoms with E-state index in [0.717, 1.165) is 6.07 Å². The molecule has 3 aromatic carbocycles. The molecule has 2 N–H and O–H groups in total. The molecule has 3 rings (SSSR count). The first-order valence-corrected chi connectivity index (χ1v) is 14.9. The number of Topliss-reactive ketones (excluding diaryl/α,β-unsaturated/α-hetero) is 1. The number of carbonyl (C=O) groups is 1. The van der Waals surface area contributed by atoms with Crippen molar-refractivity contribution in [2.75, 3.05) is 13.2 Å². The minimum absolute atomic E-state index is 0.114. The minimum Gasteiger partial charge on any atom is -0.492 e. The molecule has 1 atom stereocenters. The molecule has 0 amide bonds. The van der Waals surface area contributed by atoms with Crippen LogP contribution in [0, 0.1) is 10.1 Å². The first-order valence-electron chi connectivity index (χ1n) is 12.6. The third kappa shape index (κ3) is 6.68. The quantitative estimate of drug-likeness (QED) is 0.104. The van der Waals surface area contributed by atoms with Crippen LogP contribution in [-0.4, -0.2) is 38.3 Å². The summed E-state index contributed by atoms with van der Waals surface area (Å²) in [6, 6.07) is 23.1. The first kappa shape index (κ1) is 29.5. The molecule has 0 heterocycles. The number of nitro groups is 1. The Morgan fingerprint density at radius 2 is 1.61 bits per heavy atom. The molecular weight excluding hydrogens is 520 g/mol. The summed E-state index contributed by atoms with van der Waals surface area (Å²) in [5, 5.41) is 13.4. The van der Waals surface area contributed by atoms with Gasteiger partial charge in [0.15, 0.2) is 10.8 Å². The van der Waals surface area contributed by atoms with E-state index in [1.807, 2.05) is 36.4 Å². The van der Waals surface area contributed by atoms with Gasteiger partial charge < -0.3 is 14.9 Å². The second kappa shape index (κ2) is 12.7. The summed E-state index contributed by atoms with van der Waals surface area (Å²) in [6.07, 6.45) is 1.20. The SMILES string of the molecule is CC(=O)c1cc(OCCCC(N)CO[Si](c2ccccc2)(c2ccccc2)C(C)(C)C)c(Cl)c([N+](=O)[O-])c1. The monoisotopic (exact) mass is 554 g/mol. The number of ketones is 1. The number of carbonyl (C=O) groups excluding carboxylic acids is 1. The number of nitro benzene ring substituents is 1. The van der Waals surface area contributed by atoms with Crippen molar-refractivity contribution in [2.24, 2.45) is 5.73 Å². The molecule has 3 aromatic rings. The second-order valence-electron chi connectivity index (χ2n) is 10.3. The first-order chi connectivity index (χ1) is 18.0. The summed E-state index contributed by atoms with van der Waals surface area (Å²) in [7, 11) is -2.68. The van der Waals surface area contributed by atoms with Crippen LogP contribution in [0.5, 0.6) is 5.75 Å². The van der Waals surface area contributed by atoms with Crippen LogP contribution in [0.15, 0.2) is 72.8 Å². The molecule has 0 saturated carbocycles. The van der Waals surface area contributed by atoms with Crippen molar-refractivity contribution < 1.29 is 18.9 Å². The van der Waals surface area contributed by atoms with E-state index in [-0.39, 0.29) is 45.5 Å². The van der Waals surface area contributed by atoms with Crippen molar-refractivity contribution in [3.05, 3.63) is 93.5 Å². The Morgan fingerprint density at radius 1 is 1.05 bits per heavy atom. The maximum Gasteiger partial charge on any atom is 0.292 e. The molecule has 0 aliphatic heterocycles. The molecule has 0 fully saturated rings. The Balaban J connectivity index is 1.70. The zero-order valence-electron chi connectivity index (χ0n) is 22.3. The third-order valence-corrected chi connectivity index (χ3v) is 11.9. The standard InChI is InChI=1S/C29H35ClN2O5Si/c1-21(33)22-18-26(32(34)35)28(30)27(19-22)36-17-11-12-23(31)20-37-38(29(2,3)4,24-13-7-5-8-14-24)25-15-9-6-10-16-25/h5-10,13-16,18-19,23H,11-12,17,20,31H2,1-4H3. The molecule has 0 aliphatic carbocycles. The highest BCUT2D eigenvalue weighted by molar-refractivity contribution is 6.99. The molecule has 38 heavy (non-hydrogen) atoms. The van der Waals surface area contributed by atoms with Gasteiger partial charge in [0.25, 0.3) is 14.0 Å². The van der Waals surface area contributed by atoms with Gasteiger partial charge in [0.2, 0.25) is 0 Å². The number of nitrogens with zero attached hydrogens (tertiary/aromatic N) is 1. The smallest absolute Gasteiger partial charge is 0.292 e. The van der Waals surface area contributed by atoms with Gasteiger partial charge in [0.1, 0.15) is 5.75 Å². The zero-order chi connectivity index (χ0) is 27.9. The van der Waals surface area contributed by atoms with E-state index in [0.29, 0.717) is 19.4 Å². The van der Waals surface area contributed by atoms with Crippen molar-refractivity contribution in [1.82, 2.24) is 0 Å². The molecule has 202 valence electrons. The maximum atomic E-state index is 11.8. The van der Waals surface area contributed by atoms with Gasteiger partial charge in [-0.2, -0.15) is 0 Å². The van der Waals surface area contributed by atoms with Crippen LogP contribution < -0.4 is 20.8 Å². The van der Waals surface area contributed by atoms with Crippen molar-refractivity contribution in [3.63, 3.8) is 0 Å². The fourth-order valence-corrected chi connectivity index (χ4v) is 9.48. The highest BCUT2D eigenvalue weighted by Crippen LogP contribution is 2.37. The lowest BCUT2D eigenvalue weighted by Crippen LogP contribution is -2.67. The van der Waals surface area contributed by atoms with Gasteiger partial charge in [-0.1, -0.05) is 93.0 Å². The summed E-state index contributed by atoms with van der Waals surface area (Å²) in [6.45, 7) is 8.61. The third-order valence-electron chi connectivity index (χ3n) is 6.53. The molecule has 7 nitrogen and oxygen atoms in total. The highest BCUT2D eigenvalue weighted by atomic mass is 35.5. The van der Waals surface area contributed by atoms with Crippen molar-refractivity contribution >= 4 is 41.8 Å². The number of benzene rings is 3. The van der Waals surface area contributed by atoms with Crippen molar-refractivity contribution in [1.29, 1.82) is 0 Å². The summed E-state index contributed by atoms with van der Waals surface area (Å²) in [5.41, 5.74) is 6.31. The molecule has 0 bridgehead atoms. The number of ether oxygens (including phenoxy) is 1. The van der Waals surface area contributed by atoms with E-state index in [2.05, 4.69) is 45.0 Å². The predicted octanol–water partition coefficient (Wildman–Crippen LogP) is 5.51. The molecule has 0 aliphatic rings. The number of rotatable bonds is 12. The van der Waals surface area contributed by atoms with Gasteiger partial charge in [-0.05, 0) is 41.2 Å². The van der Waals surface area contributed by atoms with Crippen LogP contribution in [-0.2, 0) is 4.43 Å². The normalized spacial score (nSPS) is 12.7. The lowest BCUT2D eigenvalue weighted by molar-refractivity contribution is -0.384. The fraction of sp³-hybridized carbons (Fsp3) is 0.345. The highest BCUT2D eigenvalue weighted by Gasteiger charge is 2.50. The maximum absolute atomic E-state index is 11.8. The molecule has 0 saturated heterocycles. The van der Waals surface area contributed by atoms with Crippen LogP contribution in [0.3, 0.4) is 0 Å². The summed E-state index contributed by atoms with van der Waals surface area (Å²) in [5.74, 6) is -0.194. The van der Waals surface area contributed by atoms with Gasteiger partial charge in [0.05, 0.1) is 11.5 Å². The number of hydrogen-bond acceptors (Lipinski definition) is 6. The summed E-state index contributed by atoms with van der Waals surface area (Å²) < 4.78 is 12.6. The summed E-state index contributed by atoms with van der Waals surface area (Å²) >= 11 is 6.16. The Morgan fingerprint density at radius 3 is 2.08 bits per heavy atom. The molecule has 9 heteroatoms. The lowest BCUT2D eigenvalue weighted by atomic mass is 10.1. The fourth-order valence-electron chi connectivity index (χ4n) is 4.63. The molecule has 0 radical (unpaired) electrons. The average molecular weight is 555 g/mol. The van der Waals surface area contributed by atoms with Gasteiger partial charge in [-0.25, -0.2) is 0 Å². The van der Waals surface area contributed by atoms with E-state index in [9.17, 15) is 14.9 Å². The van der Waals surface area contributed by atoms with E-state index < -0.39 is 13.2 Å². The largest absolute Gasteiger partial charge is 0.492 e. The van der Waals surface area contributed by atoms with E-state index >= 15 is 0 Å². The Labute approximate surface area is 230 Å². The van der Waals surface area contributed by atoms with Crippen molar-refractivity contribution in [3.8, 4) is 5.75 Å². The van der Waals surface area contributed by atoms with Crippen LogP contribution in [0.1, 0.15) is 50.9 Å². The topological polar surface area (TPSA) is 105 Å². The molecular formula is C29H35ClN2O5Si. The van der Waals surface area contributed by atoms with E-state index in [1.165, 1.54) is 23.4 Å². The van der Waals surface area contributed by atoms with E-state index in [4.69, 9.17) is 26.5 Å². The molecule has 1 unspecified atom stereocenters. The Kier molecular flexibility index (Phi) is 9.84. The summed E-state index contributed by atoms with van der Waals surface area (Å²) in [4.78, 5) is 22.5. The predicted molar refractivity (Wildman–Crippen MR) is 154 cm³/mol. The van der Waals surface area contributed by atoms with Crippen molar-refractivity contribution in [2.45, 2.75) is 51.6 Å². The number of nitrogens with two attached hydrogens (primary N) is 1. The Hall–Kier alpha value is -3.04. The zero-order valence-corrected chi connectivity index (χ0v) is 24.0. The lowest BCUT2D eigenvalue weighted by Gasteiger charge is -2.43. The molecule has 0 aromatic heterocycles. The van der Waals surface area contributed by atoms with E-state index in [1.54, 1.807) is 0 Å². The van der Waals surface area contributed by atoms with Crippen LogP contribution >= 0.6 is 11.6 Å². The Bertz CT molecular complexity index is 1210. The average Bonchev–Trinajstić information content (AvgIpc) is 2.88. The van der Waals surface area contributed by atoms with Gasteiger partial charge >= 0.3 is 0 Å². The number of halogens is 1. The van der Waals surface area contributed by atoms with Gasteiger partial charge in [-0.15, -0.1) is 0 Å². The molecule has 0 spiro atoms. The van der Waals surface area contributed by atoms with Crippen LogP contribution in [0.2, 0.25) is 10.1 Å². The van der Waals surface area contributed by atoms with Gasteiger partial charge in [-0.3, -0.25) is 14.9 Å².